The highest BCUT2D eigenvalue weighted by atomic mass is 16.1. The van der Waals surface area contributed by atoms with Gasteiger partial charge in [-0.1, -0.05) is 30.3 Å². The molecular formula is C14H16N2O. The summed E-state index contributed by atoms with van der Waals surface area (Å²) in [7, 11) is 0. The molecule has 0 aliphatic carbocycles. The van der Waals surface area contributed by atoms with Crippen molar-refractivity contribution in [3.8, 4) is 0 Å². The van der Waals surface area contributed by atoms with Crippen LogP contribution in [-0.4, -0.2) is 12.5 Å². The molecule has 3 rings (SSSR count). The molecule has 3 nitrogen and oxygen atoms in total. The number of benzene rings is 2. The molecule has 0 saturated carbocycles. The summed E-state index contributed by atoms with van der Waals surface area (Å²) >= 11 is 0. The Hall–Kier alpha value is -2.03. The van der Waals surface area contributed by atoms with E-state index in [-0.39, 0.29) is 5.91 Å². The second-order valence-electron chi connectivity index (χ2n) is 4.06. The molecule has 0 atom stereocenters. The molecular weight excluding hydrogens is 212 g/mol. The Morgan fingerprint density at radius 1 is 1.06 bits per heavy atom. The van der Waals surface area contributed by atoms with Crippen molar-refractivity contribution >= 4 is 22.4 Å². The van der Waals surface area contributed by atoms with Crippen LogP contribution in [0.25, 0.3) is 10.8 Å². The number of anilines is 1. The Kier molecular flexibility index (Phi) is 3.60. The minimum Gasteiger partial charge on any atom is -0.399 e. The van der Waals surface area contributed by atoms with Gasteiger partial charge in [-0.25, -0.2) is 0 Å². The summed E-state index contributed by atoms with van der Waals surface area (Å²) < 4.78 is 0. The van der Waals surface area contributed by atoms with Gasteiger partial charge >= 0.3 is 0 Å². The van der Waals surface area contributed by atoms with Crippen molar-refractivity contribution < 1.29 is 4.79 Å². The molecule has 1 amide bonds. The van der Waals surface area contributed by atoms with E-state index in [1.54, 1.807) is 0 Å². The van der Waals surface area contributed by atoms with Gasteiger partial charge < -0.3 is 11.1 Å². The second-order valence-corrected chi connectivity index (χ2v) is 4.06. The molecule has 2 aromatic rings. The van der Waals surface area contributed by atoms with Crippen LogP contribution in [0.5, 0.6) is 0 Å². The molecule has 3 N–H and O–H groups in total. The molecule has 1 aliphatic rings. The van der Waals surface area contributed by atoms with Gasteiger partial charge in [0.15, 0.2) is 0 Å². The van der Waals surface area contributed by atoms with Gasteiger partial charge in [-0.05, 0) is 29.3 Å². The zero-order valence-electron chi connectivity index (χ0n) is 9.65. The summed E-state index contributed by atoms with van der Waals surface area (Å²) in [5.74, 6) is 0.204. The number of nitrogen functional groups attached to an aromatic ring is 1. The van der Waals surface area contributed by atoms with Crippen LogP contribution >= 0.6 is 0 Å². The molecule has 17 heavy (non-hydrogen) atoms. The molecule has 1 fully saturated rings. The second kappa shape index (κ2) is 5.34. The third-order valence-corrected chi connectivity index (χ3v) is 2.68. The van der Waals surface area contributed by atoms with E-state index in [2.05, 4.69) is 17.4 Å². The number of fused-ring (bicyclic) bond motifs is 1. The number of carbonyl (C=O) groups is 1. The zero-order valence-corrected chi connectivity index (χ0v) is 9.65. The first kappa shape index (κ1) is 11.5. The van der Waals surface area contributed by atoms with E-state index in [0.29, 0.717) is 0 Å². The third kappa shape index (κ3) is 3.21. The van der Waals surface area contributed by atoms with Crippen molar-refractivity contribution in [1.82, 2.24) is 5.32 Å². The Morgan fingerprint density at radius 3 is 2.41 bits per heavy atom. The van der Waals surface area contributed by atoms with Gasteiger partial charge in [0.05, 0.1) is 0 Å². The number of amides is 1. The lowest BCUT2D eigenvalue weighted by Gasteiger charge is -1.96. The van der Waals surface area contributed by atoms with Gasteiger partial charge in [0.2, 0.25) is 5.91 Å². The lowest BCUT2D eigenvalue weighted by molar-refractivity contribution is -0.119. The van der Waals surface area contributed by atoms with E-state index in [1.807, 2.05) is 30.3 Å². The smallest absolute Gasteiger partial charge is 0.220 e. The maximum atomic E-state index is 10.1. The van der Waals surface area contributed by atoms with Crippen molar-refractivity contribution in [3.63, 3.8) is 0 Å². The molecule has 1 saturated heterocycles. The van der Waals surface area contributed by atoms with Crippen LogP contribution in [0.15, 0.2) is 42.5 Å². The fourth-order valence-corrected chi connectivity index (χ4v) is 1.77. The monoisotopic (exact) mass is 228 g/mol. The number of hydrogen-bond donors (Lipinski definition) is 2. The fourth-order valence-electron chi connectivity index (χ4n) is 1.77. The maximum Gasteiger partial charge on any atom is 0.220 e. The van der Waals surface area contributed by atoms with Crippen LogP contribution in [0, 0.1) is 0 Å². The number of carbonyl (C=O) groups excluding carboxylic acids is 1. The molecule has 1 heterocycles. The summed E-state index contributed by atoms with van der Waals surface area (Å²) in [6.45, 7) is 0.888. The van der Waals surface area contributed by atoms with Crippen molar-refractivity contribution in [3.05, 3.63) is 42.5 Å². The molecule has 0 bridgehead atoms. The first-order chi connectivity index (χ1) is 8.25. The van der Waals surface area contributed by atoms with Gasteiger partial charge in [-0.2, -0.15) is 0 Å². The molecule has 0 radical (unpaired) electrons. The maximum absolute atomic E-state index is 10.1. The first-order valence-corrected chi connectivity index (χ1v) is 5.77. The van der Waals surface area contributed by atoms with E-state index in [9.17, 15) is 4.79 Å². The Labute approximate surface area is 101 Å². The highest BCUT2D eigenvalue weighted by Crippen LogP contribution is 2.15. The van der Waals surface area contributed by atoms with E-state index in [1.165, 1.54) is 10.8 Å². The predicted octanol–water partition coefficient (Wildman–Crippen LogP) is 2.32. The lowest BCUT2D eigenvalue weighted by atomic mass is 10.1. The summed E-state index contributed by atoms with van der Waals surface area (Å²) in [5.41, 5.74) is 6.45. The summed E-state index contributed by atoms with van der Waals surface area (Å²) in [6, 6.07) is 14.1. The van der Waals surface area contributed by atoms with Crippen molar-refractivity contribution in [1.29, 1.82) is 0 Å². The largest absolute Gasteiger partial charge is 0.399 e. The Balaban J connectivity index is 0.000000153. The highest BCUT2D eigenvalue weighted by Gasteiger charge is 2.05. The van der Waals surface area contributed by atoms with Crippen LogP contribution < -0.4 is 11.1 Å². The number of hydrogen-bond acceptors (Lipinski definition) is 2. The van der Waals surface area contributed by atoms with Crippen LogP contribution in [0.1, 0.15) is 12.8 Å². The van der Waals surface area contributed by atoms with Crippen molar-refractivity contribution in [2.24, 2.45) is 0 Å². The lowest BCUT2D eigenvalue weighted by Crippen LogP contribution is -2.12. The molecule has 0 unspecified atom stereocenters. The van der Waals surface area contributed by atoms with Crippen LogP contribution in [0.2, 0.25) is 0 Å². The minimum atomic E-state index is 0.204. The Bertz CT molecular complexity index is 514. The van der Waals surface area contributed by atoms with E-state index >= 15 is 0 Å². The zero-order chi connectivity index (χ0) is 12.1. The quantitative estimate of drug-likeness (QED) is 0.680. The summed E-state index contributed by atoms with van der Waals surface area (Å²) in [4.78, 5) is 10.1. The number of rotatable bonds is 0. The normalized spacial score (nSPS) is 14.0. The molecule has 88 valence electrons. The SMILES string of the molecule is Nc1ccc2ccccc2c1.O=C1CCCN1. The van der Waals surface area contributed by atoms with Gasteiger partial charge in [0, 0.05) is 18.7 Å². The number of nitrogens with two attached hydrogens (primary N) is 1. The minimum absolute atomic E-state index is 0.204. The average molecular weight is 228 g/mol. The summed E-state index contributed by atoms with van der Waals surface area (Å²) in [5, 5.41) is 5.12. The molecule has 1 aliphatic heterocycles. The summed E-state index contributed by atoms with van der Waals surface area (Å²) in [6.07, 6.45) is 1.76. The third-order valence-electron chi connectivity index (χ3n) is 2.68. The fraction of sp³-hybridized carbons (Fsp3) is 0.214. The average Bonchev–Trinajstić information content (AvgIpc) is 2.81. The van der Waals surface area contributed by atoms with Gasteiger partial charge in [-0.15, -0.1) is 0 Å². The van der Waals surface area contributed by atoms with Crippen molar-refractivity contribution in [2.45, 2.75) is 12.8 Å². The van der Waals surface area contributed by atoms with Gasteiger partial charge in [0.25, 0.3) is 0 Å². The van der Waals surface area contributed by atoms with Crippen molar-refractivity contribution in [2.75, 3.05) is 12.3 Å². The molecule has 0 spiro atoms. The Morgan fingerprint density at radius 2 is 1.82 bits per heavy atom. The predicted molar refractivity (Wildman–Crippen MR) is 70.6 cm³/mol. The van der Waals surface area contributed by atoms with Gasteiger partial charge in [0.1, 0.15) is 0 Å². The first-order valence-electron chi connectivity index (χ1n) is 5.77. The van der Waals surface area contributed by atoms with E-state index in [0.717, 1.165) is 25.1 Å². The molecule has 2 aromatic carbocycles. The van der Waals surface area contributed by atoms with Gasteiger partial charge in [-0.3, -0.25) is 4.79 Å². The molecule has 3 heteroatoms. The van der Waals surface area contributed by atoms with Crippen LogP contribution in [0.3, 0.4) is 0 Å². The van der Waals surface area contributed by atoms with E-state index < -0.39 is 0 Å². The van der Waals surface area contributed by atoms with E-state index in [4.69, 9.17) is 5.73 Å². The number of nitrogens with one attached hydrogen (secondary N) is 1. The topological polar surface area (TPSA) is 55.1 Å². The van der Waals surface area contributed by atoms with Crippen LogP contribution in [-0.2, 0) is 4.79 Å². The molecule has 0 aromatic heterocycles. The van der Waals surface area contributed by atoms with Crippen LogP contribution in [0.4, 0.5) is 5.69 Å². The highest BCUT2D eigenvalue weighted by molar-refractivity contribution is 5.85. The standard InChI is InChI=1S/C10H9N.C4H7NO/c11-10-6-5-8-3-1-2-4-9(8)7-10;6-4-2-1-3-5-4/h1-7H,11H2;1-3H2,(H,5,6).